The highest BCUT2D eigenvalue weighted by Gasteiger charge is 2.22. The minimum atomic E-state index is -1.28. The Kier molecular flexibility index (Phi) is 5.08. The van der Waals surface area contributed by atoms with Crippen molar-refractivity contribution >= 4 is 23.4 Å². The van der Waals surface area contributed by atoms with Crippen LogP contribution in [0.1, 0.15) is 10.4 Å². The molecule has 1 rings (SSSR count). The Labute approximate surface area is 106 Å². The SMILES string of the molecule is O=C(O)c1cccc([N+](=O)[O-])c1SCC(O)CO. The Morgan fingerprint density at radius 2 is 2.17 bits per heavy atom. The molecule has 0 amide bonds. The molecule has 0 saturated heterocycles. The highest BCUT2D eigenvalue weighted by Crippen LogP contribution is 2.32. The first kappa shape index (κ1) is 14.4. The summed E-state index contributed by atoms with van der Waals surface area (Å²) in [5, 5.41) is 37.6. The van der Waals surface area contributed by atoms with Gasteiger partial charge in [-0.25, -0.2) is 4.79 Å². The minimum absolute atomic E-state index is 0.0255. The number of aliphatic hydroxyl groups excluding tert-OH is 2. The van der Waals surface area contributed by atoms with Crippen LogP contribution in [0.15, 0.2) is 23.1 Å². The largest absolute Gasteiger partial charge is 0.478 e. The van der Waals surface area contributed by atoms with E-state index in [2.05, 4.69) is 0 Å². The first-order valence-corrected chi connectivity index (χ1v) is 5.88. The number of thioether (sulfide) groups is 1. The molecule has 0 aromatic heterocycles. The van der Waals surface area contributed by atoms with Gasteiger partial charge >= 0.3 is 5.97 Å². The summed E-state index contributed by atoms with van der Waals surface area (Å²) in [7, 11) is 0. The number of nitro benzene ring substituents is 1. The Hall–Kier alpha value is -1.64. The lowest BCUT2D eigenvalue weighted by Gasteiger charge is -2.09. The first-order chi connectivity index (χ1) is 8.47. The van der Waals surface area contributed by atoms with Gasteiger partial charge in [-0.15, -0.1) is 11.8 Å². The summed E-state index contributed by atoms with van der Waals surface area (Å²) in [6, 6.07) is 3.73. The van der Waals surface area contributed by atoms with Crippen molar-refractivity contribution in [2.75, 3.05) is 12.4 Å². The fourth-order valence-electron chi connectivity index (χ4n) is 1.22. The van der Waals surface area contributed by atoms with Crippen LogP contribution in [0.4, 0.5) is 5.69 Å². The van der Waals surface area contributed by atoms with Gasteiger partial charge < -0.3 is 15.3 Å². The summed E-state index contributed by atoms with van der Waals surface area (Å²) < 4.78 is 0. The van der Waals surface area contributed by atoms with Crippen molar-refractivity contribution in [3.63, 3.8) is 0 Å². The average molecular weight is 273 g/mol. The number of hydrogen-bond acceptors (Lipinski definition) is 6. The molecule has 0 aliphatic heterocycles. The molecule has 0 heterocycles. The quantitative estimate of drug-likeness (QED) is 0.397. The van der Waals surface area contributed by atoms with Crippen LogP contribution in [-0.4, -0.2) is 44.7 Å². The van der Waals surface area contributed by atoms with E-state index in [1.165, 1.54) is 18.2 Å². The molecule has 0 fully saturated rings. The fraction of sp³-hybridized carbons (Fsp3) is 0.300. The molecule has 0 radical (unpaired) electrons. The number of hydrogen-bond donors (Lipinski definition) is 3. The Morgan fingerprint density at radius 1 is 1.50 bits per heavy atom. The molecule has 1 aromatic carbocycles. The van der Waals surface area contributed by atoms with Crippen molar-refractivity contribution in [2.45, 2.75) is 11.0 Å². The summed E-state index contributed by atoms with van der Waals surface area (Å²) in [5.41, 5.74) is -0.524. The number of aromatic carboxylic acids is 1. The van der Waals surface area contributed by atoms with Gasteiger partial charge in [-0.3, -0.25) is 10.1 Å². The molecule has 1 atom stereocenters. The third-order valence-corrected chi connectivity index (χ3v) is 3.32. The lowest BCUT2D eigenvalue weighted by Crippen LogP contribution is -2.15. The number of carboxylic acid groups (broad SMARTS) is 1. The monoisotopic (exact) mass is 273 g/mol. The van der Waals surface area contributed by atoms with Gasteiger partial charge in [0, 0.05) is 11.8 Å². The van der Waals surface area contributed by atoms with Crippen LogP contribution in [0.25, 0.3) is 0 Å². The second-order valence-corrected chi connectivity index (χ2v) is 4.39. The third-order valence-electron chi connectivity index (χ3n) is 2.05. The molecule has 1 unspecified atom stereocenters. The molecular weight excluding hydrogens is 262 g/mol. The lowest BCUT2D eigenvalue weighted by atomic mass is 10.2. The predicted octanol–water partition coefficient (Wildman–Crippen LogP) is 0.738. The van der Waals surface area contributed by atoms with E-state index >= 15 is 0 Å². The fourth-order valence-corrected chi connectivity index (χ4v) is 2.29. The number of rotatable bonds is 6. The van der Waals surface area contributed by atoms with Gasteiger partial charge in [-0.05, 0) is 6.07 Å². The highest BCUT2D eigenvalue weighted by atomic mass is 32.2. The summed E-state index contributed by atoms with van der Waals surface area (Å²) in [4.78, 5) is 21.1. The molecule has 0 aliphatic rings. The standard InChI is InChI=1S/C10H11NO6S/c12-4-6(13)5-18-9-7(10(14)15)2-1-3-8(9)11(16)17/h1-3,6,12-13H,4-5H2,(H,14,15). The van der Waals surface area contributed by atoms with E-state index in [1.54, 1.807) is 0 Å². The van der Waals surface area contributed by atoms with Crippen molar-refractivity contribution in [1.82, 2.24) is 0 Å². The molecule has 3 N–H and O–H groups in total. The maximum absolute atomic E-state index is 11.0. The van der Waals surface area contributed by atoms with Crippen LogP contribution < -0.4 is 0 Å². The second kappa shape index (κ2) is 6.34. The van der Waals surface area contributed by atoms with Crippen LogP contribution >= 0.6 is 11.8 Å². The average Bonchev–Trinajstić information content (AvgIpc) is 2.34. The Bertz CT molecular complexity index is 431. The molecule has 0 bridgehead atoms. The molecule has 0 spiro atoms. The van der Waals surface area contributed by atoms with Gasteiger partial charge in [-0.2, -0.15) is 0 Å². The van der Waals surface area contributed by atoms with Crippen molar-refractivity contribution in [1.29, 1.82) is 0 Å². The normalized spacial score (nSPS) is 12.1. The number of nitro groups is 1. The van der Waals surface area contributed by atoms with Crippen molar-refractivity contribution in [3.8, 4) is 0 Å². The van der Waals surface area contributed by atoms with Gasteiger partial charge in [0.2, 0.25) is 0 Å². The maximum atomic E-state index is 11.0. The van der Waals surface area contributed by atoms with Gasteiger partial charge in [0.25, 0.3) is 5.69 Å². The predicted molar refractivity (Wildman–Crippen MR) is 63.9 cm³/mol. The van der Waals surface area contributed by atoms with E-state index in [0.717, 1.165) is 11.8 Å². The number of benzene rings is 1. The van der Waals surface area contributed by atoms with E-state index in [4.69, 9.17) is 10.2 Å². The van der Waals surface area contributed by atoms with Gasteiger partial charge in [-0.1, -0.05) is 6.07 Å². The Morgan fingerprint density at radius 3 is 2.67 bits per heavy atom. The van der Waals surface area contributed by atoms with E-state index in [-0.39, 0.29) is 21.9 Å². The smallest absolute Gasteiger partial charge is 0.337 e. The van der Waals surface area contributed by atoms with Crippen LogP contribution in [0.5, 0.6) is 0 Å². The number of carbonyl (C=O) groups is 1. The van der Waals surface area contributed by atoms with Crippen LogP contribution in [0, 0.1) is 10.1 Å². The zero-order chi connectivity index (χ0) is 13.7. The molecule has 1 aromatic rings. The van der Waals surface area contributed by atoms with Crippen molar-refractivity contribution in [3.05, 3.63) is 33.9 Å². The van der Waals surface area contributed by atoms with E-state index in [0.29, 0.717) is 0 Å². The summed E-state index contributed by atoms with van der Waals surface area (Å²) in [6.45, 7) is -0.490. The number of aliphatic hydroxyl groups is 2. The van der Waals surface area contributed by atoms with Crippen molar-refractivity contribution < 1.29 is 25.0 Å². The van der Waals surface area contributed by atoms with E-state index < -0.39 is 23.6 Å². The zero-order valence-corrected chi connectivity index (χ0v) is 9.96. The maximum Gasteiger partial charge on any atom is 0.337 e. The molecule has 18 heavy (non-hydrogen) atoms. The van der Waals surface area contributed by atoms with E-state index in [1.807, 2.05) is 0 Å². The van der Waals surface area contributed by atoms with Crippen LogP contribution in [0.3, 0.4) is 0 Å². The second-order valence-electron chi connectivity index (χ2n) is 3.36. The molecule has 8 heteroatoms. The summed E-state index contributed by atoms with van der Waals surface area (Å²) in [6.07, 6.45) is -1.06. The highest BCUT2D eigenvalue weighted by molar-refractivity contribution is 7.99. The molecular formula is C10H11NO6S. The van der Waals surface area contributed by atoms with Gasteiger partial charge in [0.05, 0.1) is 28.1 Å². The summed E-state index contributed by atoms with van der Waals surface area (Å²) >= 11 is 0.831. The number of carboxylic acids is 1. The topological polar surface area (TPSA) is 121 Å². The molecule has 98 valence electrons. The van der Waals surface area contributed by atoms with E-state index in [9.17, 15) is 20.0 Å². The van der Waals surface area contributed by atoms with Gasteiger partial charge in [0.15, 0.2) is 0 Å². The molecule has 0 aliphatic carbocycles. The van der Waals surface area contributed by atoms with Crippen LogP contribution in [-0.2, 0) is 0 Å². The first-order valence-electron chi connectivity index (χ1n) is 4.89. The lowest BCUT2D eigenvalue weighted by molar-refractivity contribution is -0.387. The van der Waals surface area contributed by atoms with Gasteiger partial charge in [0.1, 0.15) is 0 Å². The Balaban J connectivity index is 3.11. The summed E-state index contributed by atoms with van der Waals surface area (Å²) in [5.74, 6) is -1.30. The minimum Gasteiger partial charge on any atom is -0.478 e. The van der Waals surface area contributed by atoms with Crippen LogP contribution in [0.2, 0.25) is 0 Å². The third kappa shape index (κ3) is 3.42. The number of nitrogens with zero attached hydrogens (tertiary/aromatic N) is 1. The molecule has 7 nitrogen and oxygen atoms in total. The zero-order valence-electron chi connectivity index (χ0n) is 9.15. The molecule has 0 saturated carbocycles. The van der Waals surface area contributed by atoms with Crippen molar-refractivity contribution in [2.24, 2.45) is 0 Å².